The first-order valence-corrected chi connectivity index (χ1v) is 5.62. The molecule has 0 bridgehead atoms. The van der Waals surface area contributed by atoms with Crippen LogP contribution in [-0.4, -0.2) is 21.0 Å². The fourth-order valence-corrected chi connectivity index (χ4v) is 1.55. The van der Waals surface area contributed by atoms with Crippen LogP contribution in [0.1, 0.15) is 11.5 Å². The van der Waals surface area contributed by atoms with Gasteiger partial charge in [0.2, 0.25) is 0 Å². The van der Waals surface area contributed by atoms with E-state index in [0.717, 1.165) is 0 Å². The number of nitrogens with one attached hydrogen (secondary N) is 1. The van der Waals surface area contributed by atoms with Crippen LogP contribution in [0.2, 0.25) is 0 Å². The van der Waals surface area contributed by atoms with E-state index in [4.69, 9.17) is 9.84 Å². The highest BCUT2D eigenvalue weighted by atomic mass is 16.5. The molecule has 2 aromatic rings. The smallest absolute Gasteiger partial charge is 0.309 e. The molecule has 2 rings (SSSR count). The molecule has 0 fully saturated rings. The minimum atomic E-state index is -1.03. The van der Waals surface area contributed by atoms with Crippen molar-refractivity contribution in [1.29, 1.82) is 0 Å². The summed E-state index contributed by atoms with van der Waals surface area (Å²) in [5.74, 6) is -0.0885. The molecule has 1 aromatic carbocycles. The predicted molar refractivity (Wildman–Crippen MR) is 67.0 cm³/mol. The standard InChI is InChI=1S/C13H12N2O4/c16-12-6-9(7-13(17)18)14-11(15-12)8-19-10-4-2-1-3-5-10/h1-6H,7-8H2,(H,17,18)(H,14,15,16). The van der Waals surface area contributed by atoms with Crippen molar-refractivity contribution in [2.45, 2.75) is 13.0 Å². The Hall–Kier alpha value is -2.63. The molecule has 0 saturated carbocycles. The number of hydrogen-bond donors (Lipinski definition) is 2. The van der Waals surface area contributed by atoms with Gasteiger partial charge in [-0.25, -0.2) is 4.98 Å². The number of rotatable bonds is 5. The maximum absolute atomic E-state index is 11.4. The van der Waals surface area contributed by atoms with Gasteiger partial charge in [0.15, 0.2) is 0 Å². The van der Waals surface area contributed by atoms with E-state index in [1.165, 1.54) is 6.07 Å². The Morgan fingerprint density at radius 1 is 1.32 bits per heavy atom. The minimum absolute atomic E-state index is 0.0761. The second kappa shape index (κ2) is 5.81. The molecule has 6 nitrogen and oxygen atoms in total. The van der Waals surface area contributed by atoms with Gasteiger partial charge in [-0.15, -0.1) is 0 Å². The topological polar surface area (TPSA) is 92.3 Å². The Morgan fingerprint density at radius 2 is 2.05 bits per heavy atom. The second-order valence-electron chi connectivity index (χ2n) is 3.86. The highest BCUT2D eigenvalue weighted by Gasteiger charge is 2.06. The van der Waals surface area contributed by atoms with E-state index >= 15 is 0 Å². The summed E-state index contributed by atoms with van der Waals surface area (Å²) in [7, 11) is 0. The number of carboxylic acid groups (broad SMARTS) is 1. The summed E-state index contributed by atoms with van der Waals surface area (Å²) < 4.78 is 5.43. The number of aromatic nitrogens is 2. The molecule has 0 unspecified atom stereocenters. The third kappa shape index (κ3) is 3.95. The highest BCUT2D eigenvalue weighted by Crippen LogP contribution is 2.09. The van der Waals surface area contributed by atoms with E-state index in [1.807, 2.05) is 18.2 Å². The van der Waals surface area contributed by atoms with Crippen LogP contribution < -0.4 is 10.3 Å². The van der Waals surface area contributed by atoms with E-state index in [2.05, 4.69) is 9.97 Å². The summed E-state index contributed by atoms with van der Waals surface area (Å²) in [5.41, 5.74) is -0.180. The molecule has 0 aliphatic carbocycles. The molecule has 2 N–H and O–H groups in total. The van der Waals surface area contributed by atoms with Gasteiger partial charge in [0.25, 0.3) is 5.56 Å². The van der Waals surface area contributed by atoms with Crippen molar-refractivity contribution in [1.82, 2.24) is 9.97 Å². The van der Waals surface area contributed by atoms with Gasteiger partial charge in [-0.1, -0.05) is 18.2 Å². The van der Waals surface area contributed by atoms with E-state index in [0.29, 0.717) is 11.6 Å². The first kappa shape index (κ1) is 12.8. The highest BCUT2D eigenvalue weighted by molar-refractivity contribution is 5.69. The van der Waals surface area contributed by atoms with Crippen molar-refractivity contribution in [2.75, 3.05) is 0 Å². The molecule has 1 heterocycles. The van der Waals surface area contributed by atoms with Crippen molar-refractivity contribution in [3.8, 4) is 5.75 Å². The lowest BCUT2D eigenvalue weighted by molar-refractivity contribution is -0.136. The molecule has 0 spiro atoms. The molecule has 0 amide bonds. The van der Waals surface area contributed by atoms with Crippen LogP contribution >= 0.6 is 0 Å². The van der Waals surface area contributed by atoms with Gasteiger partial charge in [-0.05, 0) is 12.1 Å². The van der Waals surface area contributed by atoms with Crippen molar-refractivity contribution in [3.63, 3.8) is 0 Å². The Labute approximate surface area is 108 Å². The second-order valence-corrected chi connectivity index (χ2v) is 3.86. The van der Waals surface area contributed by atoms with Gasteiger partial charge >= 0.3 is 5.97 Å². The van der Waals surface area contributed by atoms with Crippen LogP contribution in [0, 0.1) is 0 Å². The van der Waals surface area contributed by atoms with Crippen LogP contribution in [0.25, 0.3) is 0 Å². The lowest BCUT2D eigenvalue weighted by Crippen LogP contribution is -2.16. The molecule has 98 valence electrons. The molecule has 1 aromatic heterocycles. The molecule has 19 heavy (non-hydrogen) atoms. The van der Waals surface area contributed by atoms with Crippen LogP contribution in [-0.2, 0) is 17.8 Å². The van der Waals surface area contributed by atoms with E-state index in [1.54, 1.807) is 12.1 Å². The minimum Gasteiger partial charge on any atom is -0.486 e. The normalized spacial score (nSPS) is 10.1. The van der Waals surface area contributed by atoms with Gasteiger partial charge in [0, 0.05) is 6.07 Å². The number of benzene rings is 1. The third-order valence-electron chi connectivity index (χ3n) is 2.29. The largest absolute Gasteiger partial charge is 0.486 e. The van der Waals surface area contributed by atoms with Gasteiger partial charge < -0.3 is 14.8 Å². The van der Waals surface area contributed by atoms with Crippen molar-refractivity contribution in [3.05, 3.63) is 58.3 Å². The number of hydrogen-bond acceptors (Lipinski definition) is 4. The number of carbonyl (C=O) groups is 1. The summed E-state index contributed by atoms with van der Waals surface area (Å²) in [6, 6.07) is 10.2. The average molecular weight is 260 g/mol. The number of ether oxygens (including phenoxy) is 1. The molecule has 0 aliphatic heterocycles. The van der Waals surface area contributed by atoms with Crippen molar-refractivity contribution in [2.24, 2.45) is 0 Å². The number of nitrogens with zero attached hydrogens (tertiary/aromatic N) is 1. The number of para-hydroxylation sites is 1. The lowest BCUT2D eigenvalue weighted by Gasteiger charge is -2.06. The van der Waals surface area contributed by atoms with Gasteiger partial charge in [0.05, 0.1) is 12.1 Å². The number of H-pyrrole nitrogens is 1. The lowest BCUT2D eigenvalue weighted by atomic mass is 10.3. The zero-order chi connectivity index (χ0) is 13.7. The third-order valence-corrected chi connectivity index (χ3v) is 2.29. The first-order chi connectivity index (χ1) is 9.13. The van der Waals surface area contributed by atoms with Crippen LogP contribution in [0.15, 0.2) is 41.2 Å². The van der Waals surface area contributed by atoms with Crippen LogP contribution in [0.4, 0.5) is 0 Å². The van der Waals surface area contributed by atoms with E-state index in [-0.39, 0.29) is 18.7 Å². The average Bonchev–Trinajstić information content (AvgIpc) is 2.36. The van der Waals surface area contributed by atoms with E-state index < -0.39 is 11.5 Å². The number of aromatic amines is 1. The fourth-order valence-electron chi connectivity index (χ4n) is 1.55. The Kier molecular flexibility index (Phi) is 3.92. The zero-order valence-corrected chi connectivity index (χ0v) is 10.00. The zero-order valence-electron chi connectivity index (χ0n) is 10.00. The molecule has 0 atom stereocenters. The SMILES string of the molecule is O=C(O)Cc1cc(=O)[nH]c(COc2ccccc2)n1. The van der Waals surface area contributed by atoms with E-state index in [9.17, 15) is 9.59 Å². The Morgan fingerprint density at radius 3 is 2.74 bits per heavy atom. The molecular weight excluding hydrogens is 248 g/mol. The maximum Gasteiger partial charge on any atom is 0.309 e. The number of aliphatic carboxylic acids is 1. The Balaban J connectivity index is 2.10. The fraction of sp³-hybridized carbons (Fsp3) is 0.154. The summed E-state index contributed by atoms with van der Waals surface area (Å²) in [5, 5.41) is 8.67. The maximum atomic E-state index is 11.4. The molecule has 6 heteroatoms. The number of carboxylic acids is 1. The van der Waals surface area contributed by atoms with Gasteiger partial charge in [-0.2, -0.15) is 0 Å². The monoisotopic (exact) mass is 260 g/mol. The molecule has 0 radical (unpaired) electrons. The summed E-state index contributed by atoms with van der Waals surface area (Å²) in [4.78, 5) is 28.5. The summed E-state index contributed by atoms with van der Waals surface area (Å²) in [6.45, 7) is 0.0761. The molecule has 0 aliphatic rings. The van der Waals surface area contributed by atoms with Crippen LogP contribution in [0.3, 0.4) is 0 Å². The first-order valence-electron chi connectivity index (χ1n) is 5.62. The van der Waals surface area contributed by atoms with Gasteiger partial charge in [0.1, 0.15) is 18.2 Å². The molecular formula is C13H12N2O4. The van der Waals surface area contributed by atoms with Gasteiger partial charge in [-0.3, -0.25) is 9.59 Å². The van der Waals surface area contributed by atoms with Crippen molar-refractivity contribution < 1.29 is 14.6 Å². The molecule has 0 saturated heterocycles. The Bertz CT molecular complexity index is 622. The summed E-state index contributed by atoms with van der Waals surface area (Å²) in [6.07, 6.45) is -0.289. The quantitative estimate of drug-likeness (QED) is 0.835. The van der Waals surface area contributed by atoms with Crippen LogP contribution in [0.5, 0.6) is 5.75 Å². The summed E-state index contributed by atoms with van der Waals surface area (Å²) >= 11 is 0. The predicted octanol–water partition coefficient (Wildman–Crippen LogP) is 0.976. The van der Waals surface area contributed by atoms with Crippen molar-refractivity contribution >= 4 is 5.97 Å².